The second-order valence-electron chi connectivity index (χ2n) is 4.88. The van der Waals surface area contributed by atoms with E-state index in [0.29, 0.717) is 6.04 Å². The molecule has 1 saturated heterocycles. The van der Waals surface area contributed by atoms with Gasteiger partial charge in [-0.05, 0) is 44.7 Å². The smallest absolute Gasteiger partial charge is 0.0462 e. The Morgan fingerprint density at radius 3 is 2.67 bits per heavy atom. The minimum Gasteiger partial charge on any atom is -0.385 e. The van der Waals surface area contributed by atoms with Crippen LogP contribution in [0.2, 0.25) is 0 Å². The molecule has 3 heteroatoms. The van der Waals surface area contributed by atoms with Crippen molar-refractivity contribution in [3.63, 3.8) is 0 Å². The second-order valence-corrected chi connectivity index (χ2v) is 4.88. The summed E-state index contributed by atoms with van der Waals surface area (Å²) in [4.78, 5) is 2.51. The van der Waals surface area contributed by atoms with Crippen LogP contribution >= 0.6 is 0 Å². The lowest BCUT2D eigenvalue weighted by Crippen LogP contribution is -2.41. The number of likely N-dealkylation sites (tertiary alicyclic amines) is 1. The van der Waals surface area contributed by atoms with Gasteiger partial charge in [-0.15, -0.1) is 0 Å². The molecule has 3 nitrogen and oxygen atoms in total. The average molecular weight is 214 g/mol. The molecule has 1 aliphatic heterocycles. The van der Waals surface area contributed by atoms with Gasteiger partial charge in [0.25, 0.3) is 0 Å². The molecule has 0 aromatic heterocycles. The summed E-state index contributed by atoms with van der Waals surface area (Å²) in [5, 5.41) is 0. The fourth-order valence-electron chi connectivity index (χ4n) is 2.16. The van der Waals surface area contributed by atoms with Crippen LogP contribution in [-0.2, 0) is 4.74 Å². The van der Waals surface area contributed by atoms with Crippen molar-refractivity contribution in [3.05, 3.63) is 0 Å². The number of hydrogen-bond donors (Lipinski definition) is 1. The minimum atomic E-state index is 0.327. The van der Waals surface area contributed by atoms with Crippen molar-refractivity contribution in [1.82, 2.24) is 4.90 Å². The Hall–Kier alpha value is -0.120. The molecular weight excluding hydrogens is 188 g/mol. The minimum absolute atomic E-state index is 0.327. The van der Waals surface area contributed by atoms with Crippen LogP contribution in [-0.4, -0.2) is 44.3 Å². The molecule has 0 aliphatic carbocycles. The topological polar surface area (TPSA) is 38.5 Å². The molecule has 1 aliphatic rings. The highest BCUT2D eigenvalue weighted by Gasteiger charge is 2.17. The second kappa shape index (κ2) is 7.20. The Balaban J connectivity index is 2.06. The highest BCUT2D eigenvalue weighted by atomic mass is 16.5. The first-order chi connectivity index (χ1) is 7.22. The van der Waals surface area contributed by atoms with Crippen LogP contribution in [0.5, 0.6) is 0 Å². The van der Waals surface area contributed by atoms with Crippen molar-refractivity contribution in [2.45, 2.75) is 38.6 Å². The third kappa shape index (κ3) is 5.50. The molecular formula is C12H26N2O. The predicted octanol–water partition coefficient (Wildman–Crippen LogP) is 1.47. The Morgan fingerprint density at radius 1 is 1.40 bits per heavy atom. The van der Waals surface area contributed by atoms with Gasteiger partial charge >= 0.3 is 0 Å². The van der Waals surface area contributed by atoms with Gasteiger partial charge < -0.3 is 15.4 Å². The van der Waals surface area contributed by atoms with E-state index in [1.54, 1.807) is 7.11 Å². The maximum atomic E-state index is 6.08. The molecule has 0 aromatic carbocycles. The SMILES string of the molecule is COCCCC(N)CN1CCC(C)CC1. The molecule has 0 radical (unpaired) electrons. The van der Waals surface area contributed by atoms with E-state index in [-0.39, 0.29) is 0 Å². The first kappa shape index (κ1) is 12.9. The van der Waals surface area contributed by atoms with Gasteiger partial charge in [0, 0.05) is 26.3 Å². The zero-order valence-corrected chi connectivity index (χ0v) is 10.2. The molecule has 0 aromatic rings. The monoisotopic (exact) mass is 214 g/mol. The first-order valence-corrected chi connectivity index (χ1v) is 6.19. The van der Waals surface area contributed by atoms with Crippen molar-refractivity contribution in [2.24, 2.45) is 11.7 Å². The van der Waals surface area contributed by atoms with Crippen molar-refractivity contribution in [3.8, 4) is 0 Å². The van der Waals surface area contributed by atoms with E-state index in [4.69, 9.17) is 10.5 Å². The third-order valence-electron chi connectivity index (χ3n) is 3.29. The molecule has 2 N–H and O–H groups in total. The third-order valence-corrected chi connectivity index (χ3v) is 3.29. The standard InChI is InChI=1S/C12H26N2O/c1-11-5-7-14(8-6-11)10-12(13)4-3-9-15-2/h11-12H,3-10,13H2,1-2H3. The molecule has 1 heterocycles. The van der Waals surface area contributed by atoms with Crippen LogP contribution in [0.4, 0.5) is 0 Å². The zero-order valence-electron chi connectivity index (χ0n) is 10.2. The van der Waals surface area contributed by atoms with Crippen molar-refractivity contribution < 1.29 is 4.74 Å². The number of piperidine rings is 1. The zero-order chi connectivity index (χ0) is 11.1. The largest absolute Gasteiger partial charge is 0.385 e. The Bertz CT molecular complexity index is 156. The molecule has 0 saturated carbocycles. The number of methoxy groups -OCH3 is 1. The van der Waals surface area contributed by atoms with E-state index in [9.17, 15) is 0 Å². The Kier molecular flexibility index (Phi) is 6.22. The molecule has 0 bridgehead atoms. The molecule has 0 spiro atoms. The summed E-state index contributed by atoms with van der Waals surface area (Å²) in [6.07, 6.45) is 4.84. The lowest BCUT2D eigenvalue weighted by atomic mass is 9.98. The summed E-state index contributed by atoms with van der Waals surface area (Å²) in [5.41, 5.74) is 6.08. The van der Waals surface area contributed by atoms with Gasteiger partial charge in [0.1, 0.15) is 0 Å². The van der Waals surface area contributed by atoms with E-state index < -0.39 is 0 Å². The lowest BCUT2D eigenvalue weighted by molar-refractivity contribution is 0.167. The highest BCUT2D eigenvalue weighted by molar-refractivity contribution is 4.74. The summed E-state index contributed by atoms with van der Waals surface area (Å²) < 4.78 is 5.03. The van der Waals surface area contributed by atoms with E-state index in [1.807, 2.05) is 0 Å². The van der Waals surface area contributed by atoms with Crippen LogP contribution in [0.1, 0.15) is 32.6 Å². The maximum Gasteiger partial charge on any atom is 0.0462 e. The number of rotatable bonds is 6. The number of nitrogens with two attached hydrogens (primary N) is 1. The first-order valence-electron chi connectivity index (χ1n) is 6.19. The quantitative estimate of drug-likeness (QED) is 0.681. The molecule has 0 amide bonds. The van der Waals surface area contributed by atoms with Gasteiger partial charge in [0.05, 0.1) is 0 Å². The van der Waals surface area contributed by atoms with Gasteiger partial charge in [-0.1, -0.05) is 6.92 Å². The Morgan fingerprint density at radius 2 is 2.07 bits per heavy atom. The van der Waals surface area contributed by atoms with E-state index >= 15 is 0 Å². The summed E-state index contributed by atoms with van der Waals surface area (Å²) in [5.74, 6) is 0.908. The summed E-state index contributed by atoms with van der Waals surface area (Å²) >= 11 is 0. The summed E-state index contributed by atoms with van der Waals surface area (Å²) in [6, 6.07) is 0.327. The number of hydrogen-bond acceptors (Lipinski definition) is 3. The predicted molar refractivity (Wildman–Crippen MR) is 63.9 cm³/mol. The molecule has 1 rings (SSSR count). The van der Waals surface area contributed by atoms with E-state index in [0.717, 1.165) is 31.9 Å². The Labute approximate surface area is 94.0 Å². The fraction of sp³-hybridized carbons (Fsp3) is 1.00. The number of nitrogens with zero attached hydrogens (tertiary/aromatic N) is 1. The van der Waals surface area contributed by atoms with Gasteiger partial charge in [-0.2, -0.15) is 0 Å². The lowest BCUT2D eigenvalue weighted by Gasteiger charge is -2.32. The summed E-state index contributed by atoms with van der Waals surface area (Å²) in [7, 11) is 1.75. The molecule has 1 unspecified atom stereocenters. The molecule has 1 fully saturated rings. The normalized spacial score (nSPS) is 21.8. The van der Waals surface area contributed by atoms with Crippen molar-refractivity contribution in [1.29, 1.82) is 0 Å². The van der Waals surface area contributed by atoms with Gasteiger partial charge in [0.2, 0.25) is 0 Å². The van der Waals surface area contributed by atoms with Crippen LogP contribution in [0.25, 0.3) is 0 Å². The summed E-state index contributed by atoms with van der Waals surface area (Å²) in [6.45, 7) is 6.72. The van der Waals surface area contributed by atoms with Gasteiger partial charge in [-0.3, -0.25) is 0 Å². The van der Waals surface area contributed by atoms with Crippen molar-refractivity contribution in [2.75, 3.05) is 33.4 Å². The highest BCUT2D eigenvalue weighted by Crippen LogP contribution is 2.16. The van der Waals surface area contributed by atoms with E-state index in [1.165, 1.54) is 25.9 Å². The maximum absolute atomic E-state index is 6.08. The molecule has 15 heavy (non-hydrogen) atoms. The average Bonchev–Trinajstić information content (AvgIpc) is 2.22. The van der Waals surface area contributed by atoms with Gasteiger partial charge in [0.15, 0.2) is 0 Å². The van der Waals surface area contributed by atoms with Crippen LogP contribution in [0.3, 0.4) is 0 Å². The number of ether oxygens (including phenoxy) is 1. The fourth-order valence-corrected chi connectivity index (χ4v) is 2.16. The van der Waals surface area contributed by atoms with Crippen LogP contribution < -0.4 is 5.73 Å². The van der Waals surface area contributed by atoms with E-state index in [2.05, 4.69) is 11.8 Å². The van der Waals surface area contributed by atoms with Crippen LogP contribution in [0.15, 0.2) is 0 Å². The molecule has 1 atom stereocenters. The van der Waals surface area contributed by atoms with Gasteiger partial charge in [-0.25, -0.2) is 0 Å². The van der Waals surface area contributed by atoms with Crippen molar-refractivity contribution >= 4 is 0 Å². The van der Waals surface area contributed by atoms with Crippen LogP contribution in [0, 0.1) is 5.92 Å². The molecule has 90 valence electrons.